The summed E-state index contributed by atoms with van der Waals surface area (Å²) < 4.78 is 8.72. The number of thiazole rings is 1. The monoisotopic (exact) mass is 512 g/mol. The van der Waals surface area contributed by atoms with Crippen molar-refractivity contribution in [2.24, 2.45) is 0 Å². The van der Waals surface area contributed by atoms with E-state index in [1.807, 2.05) is 26.0 Å². The lowest BCUT2D eigenvalue weighted by Crippen LogP contribution is -2.07. The van der Waals surface area contributed by atoms with Gasteiger partial charge >= 0.3 is 5.97 Å². The summed E-state index contributed by atoms with van der Waals surface area (Å²) in [5.41, 5.74) is 7.60. The van der Waals surface area contributed by atoms with Crippen molar-refractivity contribution in [3.8, 4) is 27.7 Å². The minimum atomic E-state index is -0.901. The number of benzene rings is 2. The molecule has 0 unspecified atom stereocenters. The summed E-state index contributed by atoms with van der Waals surface area (Å²) in [6, 6.07) is 9.81. The Morgan fingerprint density at radius 1 is 1.14 bits per heavy atom. The van der Waals surface area contributed by atoms with Crippen molar-refractivity contribution < 1.29 is 14.6 Å². The van der Waals surface area contributed by atoms with Crippen LogP contribution >= 0.6 is 11.3 Å². The molecule has 37 heavy (non-hydrogen) atoms. The van der Waals surface area contributed by atoms with Crippen molar-refractivity contribution in [3.63, 3.8) is 0 Å². The highest BCUT2D eigenvalue weighted by atomic mass is 32.1. The van der Waals surface area contributed by atoms with Crippen molar-refractivity contribution in [2.75, 3.05) is 6.61 Å². The van der Waals surface area contributed by atoms with Crippen LogP contribution in [0.15, 0.2) is 30.3 Å². The van der Waals surface area contributed by atoms with E-state index in [1.165, 1.54) is 35.9 Å². The Balaban J connectivity index is 1.49. The molecule has 5 aromatic rings. The van der Waals surface area contributed by atoms with Gasteiger partial charge in [0.15, 0.2) is 11.6 Å². The molecule has 1 fully saturated rings. The first-order valence-electron chi connectivity index (χ1n) is 13.0. The second-order valence-corrected chi connectivity index (χ2v) is 11.4. The van der Waals surface area contributed by atoms with Crippen LogP contribution in [-0.4, -0.2) is 37.2 Å². The maximum Gasteiger partial charge on any atom is 0.335 e. The molecular formula is C29H28N4O3S. The lowest BCUT2D eigenvalue weighted by Gasteiger charge is -2.23. The molecular weight excluding hydrogens is 484 g/mol. The number of nitrogens with one attached hydrogen (secondary N) is 1. The van der Waals surface area contributed by atoms with Gasteiger partial charge < -0.3 is 19.4 Å². The van der Waals surface area contributed by atoms with Gasteiger partial charge in [0.2, 0.25) is 0 Å². The number of ether oxygens (including phenoxy) is 1. The fourth-order valence-electron chi connectivity index (χ4n) is 6.32. The minimum Gasteiger partial charge on any atom is -0.489 e. The molecule has 188 valence electrons. The summed E-state index contributed by atoms with van der Waals surface area (Å²) in [6.45, 7) is 5.19. The molecule has 7 nitrogen and oxygen atoms in total. The molecule has 0 spiro atoms. The van der Waals surface area contributed by atoms with E-state index in [2.05, 4.69) is 26.7 Å². The number of carboxylic acids is 1. The number of imidazole rings is 1. The fraction of sp³-hybridized carbons (Fsp3) is 0.345. The van der Waals surface area contributed by atoms with E-state index < -0.39 is 5.97 Å². The SMILES string of the molecule is Cc1nc(C)c(-c2nc3ccc4c(c3[nH]2)OCCn2c-4c(C3CCCCC3)c3ccc(C(=O)O)cc32)s1. The van der Waals surface area contributed by atoms with E-state index in [1.54, 1.807) is 17.4 Å². The maximum atomic E-state index is 11.8. The van der Waals surface area contributed by atoms with E-state index in [4.69, 9.17) is 9.72 Å². The van der Waals surface area contributed by atoms with Crippen molar-refractivity contribution in [1.29, 1.82) is 0 Å². The summed E-state index contributed by atoms with van der Waals surface area (Å²) in [6.07, 6.45) is 6.04. The molecule has 0 radical (unpaired) electrons. The van der Waals surface area contributed by atoms with E-state index in [0.29, 0.717) is 24.6 Å². The van der Waals surface area contributed by atoms with Crippen LogP contribution in [0.3, 0.4) is 0 Å². The van der Waals surface area contributed by atoms with Crippen LogP contribution in [0.25, 0.3) is 43.9 Å². The van der Waals surface area contributed by atoms with Crippen LogP contribution < -0.4 is 4.74 Å². The first-order valence-corrected chi connectivity index (χ1v) is 13.8. The van der Waals surface area contributed by atoms with Gasteiger partial charge in [0.05, 0.1) is 38.9 Å². The lowest BCUT2D eigenvalue weighted by atomic mass is 9.81. The number of carbonyl (C=O) groups is 1. The third-order valence-corrected chi connectivity index (χ3v) is 8.99. The van der Waals surface area contributed by atoms with Gasteiger partial charge in [0.1, 0.15) is 12.1 Å². The first-order chi connectivity index (χ1) is 18.0. The van der Waals surface area contributed by atoms with Gasteiger partial charge in [-0.15, -0.1) is 11.3 Å². The van der Waals surface area contributed by atoms with Gasteiger partial charge in [-0.3, -0.25) is 0 Å². The van der Waals surface area contributed by atoms with Gasteiger partial charge in [-0.05, 0) is 62.4 Å². The standard InChI is InChI=1S/C29H28N4O3S/c1-15-27(37-16(2)30-15)28-31-21-11-10-20-25-23(17-6-4-3-5-7-17)19-9-8-18(29(34)35)14-22(19)33(25)12-13-36-26(20)24(21)32-28/h8-11,14,17H,3-7,12-13H2,1-2H3,(H,31,32)(H,34,35). The maximum absolute atomic E-state index is 11.8. The van der Waals surface area contributed by atoms with Gasteiger partial charge in [-0.2, -0.15) is 0 Å². The number of fused-ring (bicyclic) bond motifs is 7. The quantitative estimate of drug-likeness (QED) is 0.270. The molecule has 1 saturated carbocycles. The average Bonchev–Trinajstić information content (AvgIpc) is 3.53. The average molecular weight is 513 g/mol. The third kappa shape index (κ3) is 3.49. The van der Waals surface area contributed by atoms with Crippen molar-refractivity contribution in [2.45, 2.75) is 58.4 Å². The van der Waals surface area contributed by atoms with E-state index >= 15 is 0 Å². The van der Waals surface area contributed by atoms with Crippen LogP contribution in [0.5, 0.6) is 5.75 Å². The molecule has 0 saturated heterocycles. The Morgan fingerprint density at radius 3 is 2.73 bits per heavy atom. The largest absolute Gasteiger partial charge is 0.489 e. The predicted octanol–water partition coefficient (Wildman–Crippen LogP) is 7.06. The number of carboxylic acid groups (broad SMARTS) is 1. The van der Waals surface area contributed by atoms with Crippen molar-refractivity contribution in [3.05, 3.63) is 52.2 Å². The molecule has 0 atom stereocenters. The number of aromatic carboxylic acids is 1. The molecule has 1 aliphatic heterocycles. The number of nitrogens with zero attached hydrogens (tertiary/aromatic N) is 3. The second kappa shape index (κ2) is 8.45. The number of aromatic amines is 1. The summed E-state index contributed by atoms with van der Waals surface area (Å²) in [7, 11) is 0. The molecule has 7 rings (SSSR count). The Bertz CT molecular complexity index is 1700. The zero-order valence-corrected chi connectivity index (χ0v) is 21.7. The van der Waals surface area contributed by atoms with Crippen LogP contribution in [0.1, 0.15) is 64.6 Å². The molecule has 2 aromatic carbocycles. The summed E-state index contributed by atoms with van der Waals surface area (Å²) >= 11 is 1.64. The zero-order valence-electron chi connectivity index (χ0n) is 20.9. The number of aryl methyl sites for hydroxylation is 2. The highest BCUT2D eigenvalue weighted by Crippen LogP contribution is 2.48. The van der Waals surface area contributed by atoms with Crippen LogP contribution in [0, 0.1) is 13.8 Å². The molecule has 0 amide bonds. The van der Waals surface area contributed by atoms with Gasteiger partial charge in [0, 0.05) is 16.5 Å². The molecule has 1 aliphatic carbocycles. The minimum absolute atomic E-state index is 0.317. The molecule has 8 heteroatoms. The molecule has 0 bridgehead atoms. The highest BCUT2D eigenvalue weighted by molar-refractivity contribution is 7.15. The highest BCUT2D eigenvalue weighted by Gasteiger charge is 2.31. The normalized spacial score (nSPS) is 15.9. The van der Waals surface area contributed by atoms with Crippen molar-refractivity contribution >= 4 is 39.2 Å². The third-order valence-electron chi connectivity index (χ3n) is 7.91. The van der Waals surface area contributed by atoms with Crippen LogP contribution in [-0.2, 0) is 6.54 Å². The molecule has 2 aliphatic rings. The molecule has 2 N–H and O–H groups in total. The Morgan fingerprint density at radius 2 is 1.97 bits per heavy atom. The lowest BCUT2D eigenvalue weighted by molar-refractivity contribution is 0.0697. The Kier molecular flexibility index (Phi) is 5.15. The van der Waals surface area contributed by atoms with Crippen LogP contribution in [0.2, 0.25) is 0 Å². The topological polar surface area (TPSA) is 93.0 Å². The smallest absolute Gasteiger partial charge is 0.335 e. The van der Waals surface area contributed by atoms with Gasteiger partial charge in [-0.25, -0.2) is 14.8 Å². The predicted molar refractivity (Wildman–Crippen MR) is 146 cm³/mol. The number of hydrogen-bond acceptors (Lipinski definition) is 5. The summed E-state index contributed by atoms with van der Waals surface area (Å²) in [5, 5.41) is 11.9. The molecule has 4 heterocycles. The first kappa shape index (κ1) is 22.5. The van der Waals surface area contributed by atoms with E-state index in [-0.39, 0.29) is 0 Å². The number of aromatic nitrogens is 4. The Hall–Kier alpha value is -3.65. The van der Waals surface area contributed by atoms with Crippen LogP contribution in [0.4, 0.5) is 0 Å². The molecule has 3 aromatic heterocycles. The van der Waals surface area contributed by atoms with Crippen molar-refractivity contribution in [1.82, 2.24) is 19.5 Å². The van der Waals surface area contributed by atoms with E-state index in [0.717, 1.165) is 62.1 Å². The summed E-state index contributed by atoms with van der Waals surface area (Å²) in [4.78, 5) is 25.9. The number of hydrogen-bond donors (Lipinski definition) is 2. The van der Waals surface area contributed by atoms with Gasteiger partial charge in [0.25, 0.3) is 0 Å². The zero-order chi connectivity index (χ0) is 25.3. The number of rotatable bonds is 3. The summed E-state index contributed by atoms with van der Waals surface area (Å²) in [5.74, 6) is 1.19. The van der Waals surface area contributed by atoms with E-state index in [9.17, 15) is 9.90 Å². The fourth-order valence-corrected chi connectivity index (χ4v) is 7.19. The van der Waals surface area contributed by atoms with Gasteiger partial charge in [-0.1, -0.05) is 25.3 Å². The second-order valence-electron chi connectivity index (χ2n) is 10.2. The Labute approximate surface area is 218 Å². The number of H-pyrrole nitrogens is 1.